The summed E-state index contributed by atoms with van der Waals surface area (Å²) in [5.41, 5.74) is 0.591. The van der Waals surface area contributed by atoms with E-state index in [2.05, 4.69) is 15.9 Å². The SMILES string of the molecule is COc1ccc(Br)c(C(=O)N(CCCl)C(C)C)c1. The molecule has 0 unspecified atom stereocenters. The minimum absolute atomic E-state index is 0.0450. The summed E-state index contributed by atoms with van der Waals surface area (Å²) >= 11 is 9.13. The van der Waals surface area contributed by atoms with Crippen molar-refractivity contribution < 1.29 is 9.53 Å². The molecule has 0 heterocycles. The molecule has 100 valence electrons. The fourth-order valence-corrected chi connectivity index (χ4v) is 2.23. The van der Waals surface area contributed by atoms with Gasteiger partial charge in [0.05, 0.1) is 12.7 Å². The lowest BCUT2D eigenvalue weighted by atomic mass is 10.1. The van der Waals surface area contributed by atoms with Crippen LogP contribution in [0.15, 0.2) is 22.7 Å². The maximum Gasteiger partial charge on any atom is 0.255 e. The van der Waals surface area contributed by atoms with Crippen molar-refractivity contribution in [2.45, 2.75) is 19.9 Å². The molecule has 5 heteroatoms. The number of amides is 1. The zero-order valence-corrected chi connectivity index (χ0v) is 13.1. The van der Waals surface area contributed by atoms with Crippen LogP contribution in [0.1, 0.15) is 24.2 Å². The molecule has 1 rings (SSSR count). The van der Waals surface area contributed by atoms with Crippen molar-refractivity contribution in [3.8, 4) is 5.75 Å². The van der Waals surface area contributed by atoms with E-state index in [1.54, 1.807) is 18.1 Å². The first-order valence-corrected chi connectivity index (χ1v) is 7.04. The molecule has 1 aromatic carbocycles. The third-order valence-electron chi connectivity index (χ3n) is 2.61. The zero-order chi connectivity index (χ0) is 13.7. The van der Waals surface area contributed by atoms with Gasteiger partial charge < -0.3 is 9.64 Å². The van der Waals surface area contributed by atoms with Gasteiger partial charge in [-0.25, -0.2) is 0 Å². The van der Waals surface area contributed by atoms with Crippen molar-refractivity contribution >= 4 is 33.4 Å². The number of hydrogen-bond acceptors (Lipinski definition) is 2. The highest BCUT2D eigenvalue weighted by Crippen LogP contribution is 2.24. The van der Waals surface area contributed by atoms with Crippen LogP contribution in [0.4, 0.5) is 0 Å². The van der Waals surface area contributed by atoms with Gasteiger partial charge in [-0.05, 0) is 48.0 Å². The Balaban J connectivity index is 3.07. The zero-order valence-electron chi connectivity index (χ0n) is 10.7. The van der Waals surface area contributed by atoms with E-state index < -0.39 is 0 Å². The van der Waals surface area contributed by atoms with Crippen molar-refractivity contribution in [2.75, 3.05) is 19.5 Å². The molecule has 0 aliphatic rings. The lowest BCUT2D eigenvalue weighted by molar-refractivity contribution is 0.0717. The number of benzene rings is 1. The minimum Gasteiger partial charge on any atom is -0.497 e. The molecular weight excluding hydrogens is 318 g/mol. The number of methoxy groups -OCH3 is 1. The van der Waals surface area contributed by atoms with Gasteiger partial charge in [0.25, 0.3) is 5.91 Å². The lowest BCUT2D eigenvalue weighted by Gasteiger charge is -2.26. The molecule has 0 saturated heterocycles. The van der Waals surface area contributed by atoms with E-state index in [0.29, 0.717) is 23.7 Å². The molecule has 0 saturated carbocycles. The maximum atomic E-state index is 12.4. The van der Waals surface area contributed by atoms with Crippen LogP contribution >= 0.6 is 27.5 Å². The molecule has 0 fully saturated rings. The molecule has 3 nitrogen and oxygen atoms in total. The predicted molar refractivity (Wildman–Crippen MR) is 77.6 cm³/mol. The van der Waals surface area contributed by atoms with Crippen LogP contribution in [0.3, 0.4) is 0 Å². The summed E-state index contributed by atoms with van der Waals surface area (Å²) in [6.45, 7) is 4.47. The summed E-state index contributed by atoms with van der Waals surface area (Å²) < 4.78 is 5.90. The van der Waals surface area contributed by atoms with E-state index in [4.69, 9.17) is 16.3 Å². The summed E-state index contributed by atoms with van der Waals surface area (Å²) in [6.07, 6.45) is 0. The largest absolute Gasteiger partial charge is 0.497 e. The summed E-state index contributed by atoms with van der Waals surface area (Å²) in [6, 6.07) is 5.46. The molecule has 0 atom stereocenters. The lowest BCUT2D eigenvalue weighted by Crippen LogP contribution is -2.38. The first-order valence-electron chi connectivity index (χ1n) is 5.71. The van der Waals surface area contributed by atoms with Crippen molar-refractivity contribution in [3.05, 3.63) is 28.2 Å². The quantitative estimate of drug-likeness (QED) is 0.771. The van der Waals surface area contributed by atoms with E-state index >= 15 is 0 Å². The predicted octanol–water partition coefficient (Wildman–Crippen LogP) is 3.55. The number of ether oxygens (including phenoxy) is 1. The Kier molecular flexibility index (Phi) is 5.96. The van der Waals surface area contributed by atoms with Crippen LogP contribution in [-0.2, 0) is 0 Å². The van der Waals surface area contributed by atoms with Crippen molar-refractivity contribution in [2.24, 2.45) is 0 Å². The first kappa shape index (κ1) is 15.3. The van der Waals surface area contributed by atoms with Gasteiger partial charge in [0.2, 0.25) is 0 Å². The van der Waals surface area contributed by atoms with Gasteiger partial charge in [-0.1, -0.05) is 0 Å². The van der Waals surface area contributed by atoms with Crippen LogP contribution in [0.25, 0.3) is 0 Å². The molecule has 18 heavy (non-hydrogen) atoms. The van der Waals surface area contributed by atoms with E-state index in [1.807, 2.05) is 26.0 Å². The van der Waals surface area contributed by atoms with E-state index in [9.17, 15) is 4.79 Å². The fourth-order valence-electron chi connectivity index (χ4n) is 1.64. The van der Waals surface area contributed by atoms with E-state index in [1.165, 1.54) is 0 Å². The molecule has 0 aliphatic heterocycles. The molecule has 0 radical (unpaired) electrons. The molecule has 1 amide bonds. The van der Waals surface area contributed by atoms with Gasteiger partial charge in [0.15, 0.2) is 0 Å². The normalized spacial score (nSPS) is 10.6. The first-order chi connectivity index (χ1) is 8.51. The third kappa shape index (κ3) is 3.62. The summed E-state index contributed by atoms with van der Waals surface area (Å²) in [7, 11) is 1.58. The van der Waals surface area contributed by atoms with Crippen LogP contribution in [0.2, 0.25) is 0 Å². The molecule has 0 aromatic heterocycles. The average Bonchev–Trinajstić information content (AvgIpc) is 2.35. The number of rotatable bonds is 5. The summed E-state index contributed by atoms with van der Waals surface area (Å²) in [5, 5.41) is 0. The molecule has 0 N–H and O–H groups in total. The topological polar surface area (TPSA) is 29.5 Å². The van der Waals surface area contributed by atoms with Gasteiger partial charge in [-0.15, -0.1) is 11.6 Å². The second-order valence-electron chi connectivity index (χ2n) is 4.13. The highest BCUT2D eigenvalue weighted by Gasteiger charge is 2.20. The highest BCUT2D eigenvalue weighted by molar-refractivity contribution is 9.10. The maximum absolute atomic E-state index is 12.4. The molecule has 0 aliphatic carbocycles. The number of hydrogen-bond donors (Lipinski definition) is 0. The van der Waals surface area contributed by atoms with E-state index in [-0.39, 0.29) is 11.9 Å². The second-order valence-corrected chi connectivity index (χ2v) is 5.36. The average molecular weight is 335 g/mol. The second kappa shape index (κ2) is 7.00. The van der Waals surface area contributed by atoms with Crippen LogP contribution < -0.4 is 4.74 Å². The highest BCUT2D eigenvalue weighted by atomic mass is 79.9. The van der Waals surface area contributed by atoms with Crippen LogP contribution in [0, 0.1) is 0 Å². The summed E-state index contributed by atoms with van der Waals surface area (Å²) in [5.74, 6) is 1.04. The van der Waals surface area contributed by atoms with Crippen molar-refractivity contribution in [3.63, 3.8) is 0 Å². The fraction of sp³-hybridized carbons (Fsp3) is 0.462. The third-order valence-corrected chi connectivity index (χ3v) is 3.47. The molecule has 0 spiro atoms. The monoisotopic (exact) mass is 333 g/mol. The van der Waals surface area contributed by atoms with Crippen molar-refractivity contribution in [1.29, 1.82) is 0 Å². The Bertz CT molecular complexity index is 423. The van der Waals surface area contributed by atoms with Gasteiger partial charge in [0.1, 0.15) is 5.75 Å². The van der Waals surface area contributed by atoms with Crippen molar-refractivity contribution in [1.82, 2.24) is 4.90 Å². The Morgan fingerprint density at radius 3 is 2.67 bits per heavy atom. The Hall–Kier alpha value is -0.740. The van der Waals surface area contributed by atoms with Gasteiger partial charge >= 0.3 is 0 Å². The van der Waals surface area contributed by atoms with Crippen LogP contribution in [-0.4, -0.2) is 36.4 Å². The standard InChI is InChI=1S/C13H17BrClNO2/c1-9(2)16(7-6-15)13(17)11-8-10(18-3)4-5-12(11)14/h4-5,8-9H,6-7H2,1-3H3. The van der Waals surface area contributed by atoms with Gasteiger partial charge in [-0.3, -0.25) is 4.79 Å². The van der Waals surface area contributed by atoms with Crippen LogP contribution in [0.5, 0.6) is 5.75 Å². The smallest absolute Gasteiger partial charge is 0.255 e. The number of carbonyl (C=O) groups excluding carboxylic acids is 1. The summed E-state index contributed by atoms with van der Waals surface area (Å²) in [4.78, 5) is 14.2. The minimum atomic E-state index is -0.0450. The Labute approximate surface area is 121 Å². The number of carbonyl (C=O) groups is 1. The molecule has 0 bridgehead atoms. The molecular formula is C13H17BrClNO2. The number of alkyl halides is 1. The van der Waals surface area contributed by atoms with Gasteiger partial charge in [-0.2, -0.15) is 0 Å². The van der Waals surface area contributed by atoms with Gasteiger partial charge in [0, 0.05) is 22.9 Å². The van der Waals surface area contributed by atoms with E-state index in [0.717, 1.165) is 4.47 Å². The number of nitrogens with zero attached hydrogens (tertiary/aromatic N) is 1. The number of halogens is 2. The Morgan fingerprint density at radius 2 is 2.17 bits per heavy atom. The Morgan fingerprint density at radius 1 is 1.50 bits per heavy atom. The molecule has 1 aromatic rings.